The molecule has 1 N–H and O–H groups in total. The molecule has 202 valence electrons. The molecule has 1 aromatic heterocycles. The number of hydrogen-bond donors (Lipinski definition) is 1. The maximum absolute atomic E-state index is 13.0. The second kappa shape index (κ2) is 12.8. The number of rotatable bonds is 11. The lowest BCUT2D eigenvalue weighted by molar-refractivity contribution is 0.0782. The van der Waals surface area contributed by atoms with E-state index in [1.165, 1.54) is 5.56 Å². The number of allylic oxidation sites excluding steroid dienone is 1. The van der Waals surface area contributed by atoms with Crippen LogP contribution < -0.4 is 5.32 Å². The molecule has 0 saturated carbocycles. The first-order valence-electron chi connectivity index (χ1n) is 14.0. The number of para-hydroxylation sites is 2. The third-order valence-corrected chi connectivity index (χ3v) is 7.81. The summed E-state index contributed by atoms with van der Waals surface area (Å²) in [6.07, 6.45) is 5.11. The van der Waals surface area contributed by atoms with Gasteiger partial charge in [0.15, 0.2) is 0 Å². The van der Waals surface area contributed by atoms with Gasteiger partial charge < -0.3 is 19.7 Å². The van der Waals surface area contributed by atoms with Gasteiger partial charge in [0, 0.05) is 50.7 Å². The van der Waals surface area contributed by atoms with Crippen LogP contribution in [0.15, 0.2) is 97.6 Å². The summed E-state index contributed by atoms with van der Waals surface area (Å²) in [4.78, 5) is 22.3. The molecule has 0 spiro atoms. The molecule has 0 aliphatic carbocycles. The van der Waals surface area contributed by atoms with Crippen LogP contribution in [-0.4, -0.2) is 64.5 Å². The van der Waals surface area contributed by atoms with E-state index in [2.05, 4.69) is 69.9 Å². The summed E-state index contributed by atoms with van der Waals surface area (Å²) in [5.41, 5.74) is 4.19. The lowest BCUT2D eigenvalue weighted by atomic mass is 9.94. The van der Waals surface area contributed by atoms with Crippen LogP contribution in [0.5, 0.6) is 0 Å². The Morgan fingerprint density at radius 2 is 1.69 bits per heavy atom. The highest BCUT2D eigenvalue weighted by Crippen LogP contribution is 2.25. The van der Waals surface area contributed by atoms with Gasteiger partial charge in [0.05, 0.1) is 11.0 Å². The Balaban J connectivity index is 1.17. The van der Waals surface area contributed by atoms with Crippen LogP contribution in [0, 0.1) is 0 Å². The number of nitrogens with zero attached hydrogens (tertiary/aromatic N) is 4. The van der Waals surface area contributed by atoms with Crippen LogP contribution in [0.2, 0.25) is 0 Å². The molecule has 4 aromatic rings. The van der Waals surface area contributed by atoms with Gasteiger partial charge in [-0.3, -0.25) is 4.79 Å². The van der Waals surface area contributed by atoms with Crippen LogP contribution in [0.4, 0.5) is 5.95 Å². The van der Waals surface area contributed by atoms with Crippen molar-refractivity contribution in [2.24, 2.45) is 0 Å². The number of piperidine rings is 1. The first-order chi connectivity index (χ1) is 19.1. The van der Waals surface area contributed by atoms with Crippen LogP contribution >= 0.6 is 0 Å². The monoisotopic (exact) mass is 521 g/mol. The van der Waals surface area contributed by atoms with Crippen molar-refractivity contribution in [1.29, 1.82) is 0 Å². The van der Waals surface area contributed by atoms with E-state index in [0.717, 1.165) is 68.0 Å². The van der Waals surface area contributed by atoms with Gasteiger partial charge in [-0.1, -0.05) is 66.7 Å². The average molecular weight is 522 g/mol. The number of benzene rings is 3. The Morgan fingerprint density at radius 1 is 1.03 bits per heavy atom. The summed E-state index contributed by atoms with van der Waals surface area (Å²) in [6.45, 7) is 8.51. The Morgan fingerprint density at radius 3 is 2.41 bits per heavy atom. The van der Waals surface area contributed by atoms with Crippen molar-refractivity contribution in [3.8, 4) is 0 Å². The van der Waals surface area contributed by atoms with Crippen molar-refractivity contribution in [2.75, 3.05) is 38.5 Å². The Kier molecular flexibility index (Phi) is 8.74. The summed E-state index contributed by atoms with van der Waals surface area (Å²) >= 11 is 0. The van der Waals surface area contributed by atoms with E-state index in [1.54, 1.807) is 0 Å². The first kappa shape index (κ1) is 26.7. The van der Waals surface area contributed by atoms with E-state index in [0.29, 0.717) is 18.5 Å². The van der Waals surface area contributed by atoms with E-state index in [9.17, 15) is 4.79 Å². The highest BCUT2D eigenvalue weighted by molar-refractivity contribution is 5.94. The highest BCUT2D eigenvalue weighted by Gasteiger charge is 2.24. The third kappa shape index (κ3) is 6.58. The van der Waals surface area contributed by atoms with Crippen LogP contribution in [0.1, 0.15) is 41.1 Å². The van der Waals surface area contributed by atoms with Gasteiger partial charge in [-0.15, -0.1) is 6.58 Å². The maximum atomic E-state index is 13.0. The van der Waals surface area contributed by atoms with Crippen LogP contribution in [0.25, 0.3) is 11.0 Å². The number of likely N-dealkylation sites (tertiary alicyclic amines) is 1. The lowest BCUT2D eigenvalue weighted by Crippen LogP contribution is -2.40. The molecule has 6 heteroatoms. The smallest absolute Gasteiger partial charge is 0.253 e. The number of likely N-dealkylation sites (N-methyl/N-ethyl adjacent to an activating group) is 1. The summed E-state index contributed by atoms with van der Waals surface area (Å²) in [6, 6.07) is 28.9. The molecule has 1 fully saturated rings. The van der Waals surface area contributed by atoms with Gasteiger partial charge in [-0.05, 0) is 55.6 Å². The summed E-state index contributed by atoms with van der Waals surface area (Å²) in [5, 5.41) is 3.72. The quantitative estimate of drug-likeness (QED) is 0.244. The minimum absolute atomic E-state index is 0.0749. The molecule has 1 saturated heterocycles. The lowest BCUT2D eigenvalue weighted by Gasteiger charge is -2.34. The fraction of sp³-hybridized carbons (Fsp3) is 0.333. The maximum Gasteiger partial charge on any atom is 0.253 e. The zero-order chi connectivity index (χ0) is 27.0. The zero-order valence-corrected chi connectivity index (χ0v) is 22.9. The number of carbonyl (C=O) groups excluding carboxylic acids is 1. The molecule has 0 bridgehead atoms. The molecule has 1 amide bonds. The number of fused-ring (bicyclic) bond motifs is 1. The van der Waals surface area contributed by atoms with Crippen molar-refractivity contribution < 1.29 is 4.79 Å². The molecule has 0 radical (unpaired) electrons. The molecule has 1 unspecified atom stereocenters. The van der Waals surface area contributed by atoms with E-state index in [-0.39, 0.29) is 5.91 Å². The Hall–Kier alpha value is -3.90. The van der Waals surface area contributed by atoms with Crippen LogP contribution in [0.3, 0.4) is 0 Å². The molecular formula is C33H39N5O. The largest absolute Gasteiger partial charge is 0.353 e. The SMILES string of the molecule is C=CCn1c(NC2CCN(CCC(CN(C)C(=O)c3ccccc3)c3ccccc3)CC2)nc2ccccc21. The molecule has 5 rings (SSSR count). The van der Waals surface area contributed by atoms with E-state index >= 15 is 0 Å². The average Bonchev–Trinajstić information content (AvgIpc) is 3.33. The molecular weight excluding hydrogens is 482 g/mol. The van der Waals surface area contributed by atoms with Crippen molar-refractivity contribution in [3.63, 3.8) is 0 Å². The summed E-state index contributed by atoms with van der Waals surface area (Å²) in [7, 11) is 1.92. The second-order valence-corrected chi connectivity index (χ2v) is 10.5. The molecule has 2 heterocycles. The molecule has 39 heavy (non-hydrogen) atoms. The minimum Gasteiger partial charge on any atom is -0.353 e. The van der Waals surface area contributed by atoms with Crippen molar-refractivity contribution >= 4 is 22.9 Å². The normalized spacial score (nSPS) is 15.2. The Labute approximate surface area is 232 Å². The van der Waals surface area contributed by atoms with Gasteiger partial charge in [0.25, 0.3) is 5.91 Å². The molecule has 3 aromatic carbocycles. The molecule has 6 nitrogen and oxygen atoms in total. The number of nitrogens with one attached hydrogen (secondary N) is 1. The van der Waals surface area contributed by atoms with Gasteiger partial charge >= 0.3 is 0 Å². The number of carbonyl (C=O) groups is 1. The Bertz CT molecular complexity index is 1360. The number of anilines is 1. The van der Waals surface area contributed by atoms with E-state index in [4.69, 9.17) is 4.98 Å². The second-order valence-electron chi connectivity index (χ2n) is 10.5. The van der Waals surface area contributed by atoms with Crippen molar-refractivity contribution in [1.82, 2.24) is 19.4 Å². The number of amides is 1. The third-order valence-electron chi connectivity index (χ3n) is 7.81. The van der Waals surface area contributed by atoms with Gasteiger partial charge in [0.2, 0.25) is 5.95 Å². The van der Waals surface area contributed by atoms with Gasteiger partial charge in [0.1, 0.15) is 0 Å². The van der Waals surface area contributed by atoms with Gasteiger partial charge in [-0.2, -0.15) is 0 Å². The van der Waals surface area contributed by atoms with Crippen molar-refractivity contribution in [2.45, 2.75) is 37.8 Å². The summed E-state index contributed by atoms with van der Waals surface area (Å²) in [5.74, 6) is 1.30. The van der Waals surface area contributed by atoms with Crippen LogP contribution in [-0.2, 0) is 6.54 Å². The molecule has 1 atom stereocenters. The summed E-state index contributed by atoms with van der Waals surface area (Å²) < 4.78 is 2.21. The van der Waals surface area contributed by atoms with E-state index < -0.39 is 0 Å². The van der Waals surface area contributed by atoms with Crippen molar-refractivity contribution in [3.05, 3.63) is 109 Å². The van der Waals surface area contributed by atoms with Gasteiger partial charge in [-0.25, -0.2) is 4.98 Å². The molecule has 1 aliphatic heterocycles. The fourth-order valence-electron chi connectivity index (χ4n) is 5.62. The molecule has 1 aliphatic rings. The minimum atomic E-state index is 0.0749. The zero-order valence-electron chi connectivity index (χ0n) is 22.9. The number of hydrogen-bond acceptors (Lipinski definition) is 4. The topological polar surface area (TPSA) is 53.4 Å². The predicted octanol–water partition coefficient (Wildman–Crippen LogP) is 6.04. The standard InChI is InChI=1S/C33H39N5O/c1-3-21-38-31-17-11-10-16-30(31)35-33(38)34-29-19-23-37(24-20-29)22-18-28(26-12-6-4-7-13-26)25-36(2)32(39)27-14-8-5-9-15-27/h3-17,28-29H,1,18-25H2,2H3,(H,34,35). The first-order valence-corrected chi connectivity index (χ1v) is 14.0. The number of imidazole rings is 1. The highest BCUT2D eigenvalue weighted by atomic mass is 16.2. The fourth-order valence-corrected chi connectivity index (χ4v) is 5.62. The predicted molar refractivity (Wildman–Crippen MR) is 160 cm³/mol. The van der Waals surface area contributed by atoms with E-state index in [1.807, 2.05) is 54.4 Å². The number of aromatic nitrogens is 2.